The van der Waals surface area contributed by atoms with Crippen LogP contribution in [0, 0.1) is 11.8 Å². The molecule has 0 aliphatic heterocycles. The van der Waals surface area contributed by atoms with Crippen LogP contribution in [0.3, 0.4) is 0 Å². The van der Waals surface area contributed by atoms with Crippen LogP contribution in [-0.4, -0.2) is 20.9 Å². The first-order valence-electron chi connectivity index (χ1n) is 6.84. The van der Waals surface area contributed by atoms with Gasteiger partial charge in [0, 0.05) is 18.2 Å². The van der Waals surface area contributed by atoms with Gasteiger partial charge < -0.3 is 5.32 Å². The molecule has 1 saturated carbocycles. The molecule has 2 rings (SSSR count). The Morgan fingerprint density at radius 2 is 1.90 bits per heavy atom. The zero-order chi connectivity index (χ0) is 14.8. The van der Waals surface area contributed by atoms with E-state index < -0.39 is 10.0 Å². The Balaban J connectivity index is 2.01. The van der Waals surface area contributed by atoms with Gasteiger partial charge in [0.2, 0.25) is 15.9 Å². The maximum atomic E-state index is 11.9. The van der Waals surface area contributed by atoms with Gasteiger partial charge in [0.25, 0.3) is 0 Å². The van der Waals surface area contributed by atoms with Crippen LogP contribution in [0.15, 0.2) is 29.2 Å². The summed E-state index contributed by atoms with van der Waals surface area (Å²) in [5.41, 5.74) is 0.628. The highest BCUT2D eigenvalue weighted by atomic mass is 32.2. The van der Waals surface area contributed by atoms with Crippen LogP contribution in [-0.2, 0) is 14.8 Å². The second kappa shape index (κ2) is 5.93. The summed E-state index contributed by atoms with van der Waals surface area (Å²) in [6, 6.07) is 6.24. The maximum absolute atomic E-state index is 11.9. The van der Waals surface area contributed by atoms with Crippen molar-refractivity contribution in [3.05, 3.63) is 24.3 Å². The number of carbonyl (C=O) groups is 1. The minimum absolute atomic E-state index is 0.0113. The molecule has 1 amide bonds. The van der Waals surface area contributed by atoms with E-state index in [1.54, 1.807) is 12.1 Å². The molecule has 6 heteroatoms. The van der Waals surface area contributed by atoms with Crippen LogP contribution < -0.4 is 10.0 Å². The van der Waals surface area contributed by atoms with Gasteiger partial charge in [-0.3, -0.25) is 4.79 Å². The monoisotopic (exact) mass is 296 g/mol. The predicted molar refractivity (Wildman–Crippen MR) is 77.8 cm³/mol. The summed E-state index contributed by atoms with van der Waals surface area (Å²) in [6.07, 6.45) is 1.67. The fraction of sp³-hybridized carbons (Fsp3) is 0.500. The molecule has 0 saturated heterocycles. The minimum Gasteiger partial charge on any atom is -0.326 e. The van der Waals surface area contributed by atoms with E-state index in [2.05, 4.69) is 10.0 Å². The Morgan fingerprint density at radius 1 is 1.30 bits per heavy atom. The van der Waals surface area contributed by atoms with E-state index in [0.717, 1.165) is 12.8 Å². The summed E-state index contributed by atoms with van der Waals surface area (Å²) >= 11 is 0. The fourth-order valence-corrected chi connectivity index (χ4v) is 3.09. The number of benzene rings is 1. The lowest BCUT2D eigenvalue weighted by molar-refractivity contribution is -0.117. The van der Waals surface area contributed by atoms with Gasteiger partial charge in [0.15, 0.2) is 0 Å². The number of carbonyl (C=O) groups excluding carboxylic acids is 1. The summed E-state index contributed by atoms with van der Waals surface area (Å²) < 4.78 is 26.3. The van der Waals surface area contributed by atoms with Crippen molar-refractivity contribution in [3.63, 3.8) is 0 Å². The van der Waals surface area contributed by atoms with Crippen molar-refractivity contribution >= 4 is 21.6 Å². The van der Waals surface area contributed by atoms with E-state index >= 15 is 0 Å². The molecular weight excluding hydrogens is 276 g/mol. The number of anilines is 1. The normalized spacial score (nSPS) is 21.5. The van der Waals surface area contributed by atoms with Gasteiger partial charge in [0.1, 0.15) is 0 Å². The SMILES string of the molecule is CCCNS(=O)(=O)c1ccc(NC(=O)[C@H]2C[C@H]2C)cc1. The number of amides is 1. The molecule has 1 aromatic rings. The molecule has 0 unspecified atom stereocenters. The molecule has 0 heterocycles. The van der Waals surface area contributed by atoms with Crippen molar-refractivity contribution in [1.82, 2.24) is 4.72 Å². The van der Waals surface area contributed by atoms with Crippen LogP contribution in [0.5, 0.6) is 0 Å². The van der Waals surface area contributed by atoms with Crippen LogP contribution in [0.25, 0.3) is 0 Å². The minimum atomic E-state index is -3.44. The highest BCUT2D eigenvalue weighted by molar-refractivity contribution is 7.89. The molecule has 0 bridgehead atoms. The summed E-state index contributed by atoms with van der Waals surface area (Å²) in [5.74, 6) is 0.565. The molecule has 0 radical (unpaired) electrons. The first kappa shape index (κ1) is 15.0. The molecule has 1 aliphatic rings. The largest absolute Gasteiger partial charge is 0.326 e. The van der Waals surface area contributed by atoms with Gasteiger partial charge in [-0.2, -0.15) is 0 Å². The summed E-state index contributed by atoms with van der Waals surface area (Å²) in [5, 5.41) is 2.80. The van der Waals surface area contributed by atoms with Crippen LogP contribution in [0.2, 0.25) is 0 Å². The van der Waals surface area contributed by atoms with Crippen LogP contribution in [0.1, 0.15) is 26.7 Å². The van der Waals surface area contributed by atoms with Gasteiger partial charge in [-0.15, -0.1) is 0 Å². The molecule has 1 fully saturated rings. The first-order chi connectivity index (χ1) is 9.44. The fourth-order valence-electron chi connectivity index (χ4n) is 1.96. The van der Waals surface area contributed by atoms with Crippen LogP contribution in [0.4, 0.5) is 5.69 Å². The lowest BCUT2D eigenvalue weighted by Crippen LogP contribution is -2.24. The van der Waals surface area contributed by atoms with Crippen molar-refractivity contribution in [2.75, 3.05) is 11.9 Å². The van der Waals surface area contributed by atoms with Crippen LogP contribution >= 0.6 is 0 Å². The lowest BCUT2D eigenvalue weighted by atomic mass is 10.3. The van der Waals surface area contributed by atoms with Crippen molar-refractivity contribution < 1.29 is 13.2 Å². The molecular formula is C14H20N2O3S. The molecule has 0 spiro atoms. The Morgan fingerprint density at radius 3 is 2.40 bits per heavy atom. The smallest absolute Gasteiger partial charge is 0.240 e. The third-order valence-corrected chi connectivity index (χ3v) is 4.90. The van der Waals surface area contributed by atoms with Crippen molar-refractivity contribution in [1.29, 1.82) is 0 Å². The second-order valence-corrected chi connectivity index (χ2v) is 7.00. The quantitative estimate of drug-likeness (QED) is 0.842. The van der Waals surface area contributed by atoms with E-state index in [1.807, 2.05) is 13.8 Å². The molecule has 0 aromatic heterocycles. The highest BCUT2D eigenvalue weighted by Gasteiger charge is 2.39. The van der Waals surface area contributed by atoms with Gasteiger partial charge in [-0.1, -0.05) is 13.8 Å². The zero-order valence-electron chi connectivity index (χ0n) is 11.7. The molecule has 20 heavy (non-hydrogen) atoms. The summed E-state index contributed by atoms with van der Waals surface area (Å²) in [7, 11) is -3.44. The molecule has 2 N–H and O–H groups in total. The summed E-state index contributed by atoms with van der Waals surface area (Å²) in [6.45, 7) is 4.36. The molecule has 5 nitrogen and oxygen atoms in total. The standard InChI is InChI=1S/C14H20N2O3S/c1-3-8-15-20(18,19)12-6-4-11(5-7-12)16-14(17)13-9-10(13)2/h4-7,10,13,15H,3,8-9H2,1-2H3,(H,16,17)/t10-,13+/m1/s1. The number of sulfonamides is 1. The van der Waals surface area contributed by atoms with E-state index in [0.29, 0.717) is 18.2 Å². The van der Waals surface area contributed by atoms with Gasteiger partial charge in [0.05, 0.1) is 4.90 Å². The third kappa shape index (κ3) is 3.58. The first-order valence-corrected chi connectivity index (χ1v) is 8.33. The van der Waals surface area contributed by atoms with E-state index in [9.17, 15) is 13.2 Å². The topological polar surface area (TPSA) is 75.3 Å². The maximum Gasteiger partial charge on any atom is 0.240 e. The lowest BCUT2D eigenvalue weighted by Gasteiger charge is -2.08. The molecule has 1 aliphatic carbocycles. The number of rotatable bonds is 6. The Hall–Kier alpha value is -1.40. The third-order valence-electron chi connectivity index (χ3n) is 3.42. The highest BCUT2D eigenvalue weighted by Crippen LogP contribution is 2.38. The number of hydrogen-bond acceptors (Lipinski definition) is 3. The van der Waals surface area contributed by atoms with E-state index in [1.165, 1.54) is 12.1 Å². The summed E-state index contributed by atoms with van der Waals surface area (Å²) in [4.78, 5) is 12.0. The Kier molecular flexibility index (Phi) is 4.45. The molecule has 2 atom stereocenters. The van der Waals surface area contributed by atoms with Crippen molar-refractivity contribution in [2.45, 2.75) is 31.6 Å². The van der Waals surface area contributed by atoms with Gasteiger partial charge in [-0.25, -0.2) is 13.1 Å². The zero-order valence-corrected chi connectivity index (χ0v) is 12.5. The van der Waals surface area contributed by atoms with Gasteiger partial charge in [-0.05, 0) is 43.0 Å². The Labute approximate surface area is 119 Å². The van der Waals surface area contributed by atoms with E-state index in [4.69, 9.17) is 0 Å². The van der Waals surface area contributed by atoms with Gasteiger partial charge >= 0.3 is 0 Å². The molecule has 110 valence electrons. The number of hydrogen-bond donors (Lipinski definition) is 2. The average Bonchev–Trinajstić information content (AvgIpc) is 3.14. The molecule has 1 aromatic carbocycles. The Bertz CT molecular complexity index is 581. The van der Waals surface area contributed by atoms with Crippen molar-refractivity contribution in [2.24, 2.45) is 11.8 Å². The van der Waals surface area contributed by atoms with Crippen molar-refractivity contribution in [3.8, 4) is 0 Å². The number of nitrogens with one attached hydrogen (secondary N) is 2. The van der Waals surface area contributed by atoms with E-state index in [-0.39, 0.29) is 16.7 Å². The predicted octanol–water partition coefficient (Wildman–Crippen LogP) is 1.97. The second-order valence-electron chi connectivity index (χ2n) is 5.23. The average molecular weight is 296 g/mol.